The molecule has 0 radical (unpaired) electrons. The number of hydrogen-bond acceptors (Lipinski definition) is 6. The van der Waals surface area contributed by atoms with Crippen molar-refractivity contribution in [1.82, 2.24) is 5.32 Å². The maximum atomic E-state index is 12.5. The highest BCUT2D eigenvalue weighted by Crippen LogP contribution is 2.16. The molecule has 180 valence electrons. The molecule has 0 aliphatic rings. The van der Waals surface area contributed by atoms with Gasteiger partial charge >= 0.3 is 6.16 Å². The van der Waals surface area contributed by atoms with E-state index in [9.17, 15) is 19.2 Å². The Morgan fingerprint density at radius 3 is 2.14 bits per heavy atom. The molecule has 0 heterocycles. The lowest BCUT2D eigenvalue weighted by molar-refractivity contribution is -0.114. The maximum absolute atomic E-state index is 12.5. The number of anilines is 2. The van der Waals surface area contributed by atoms with Gasteiger partial charge in [-0.05, 0) is 67.1 Å². The van der Waals surface area contributed by atoms with Gasteiger partial charge in [-0.25, -0.2) is 4.79 Å². The number of hydrogen-bond donors (Lipinski definition) is 3. The highest BCUT2D eigenvalue weighted by atomic mass is 16.7. The molecule has 0 aliphatic carbocycles. The minimum atomic E-state index is -0.806. The number of carbonyl (C=O) groups is 4. The van der Waals surface area contributed by atoms with E-state index in [2.05, 4.69) is 16.0 Å². The van der Waals surface area contributed by atoms with E-state index in [-0.39, 0.29) is 30.1 Å². The Labute approximate surface area is 202 Å². The van der Waals surface area contributed by atoms with E-state index in [0.717, 1.165) is 5.56 Å². The minimum absolute atomic E-state index is 0.207. The molecule has 35 heavy (non-hydrogen) atoms. The van der Waals surface area contributed by atoms with Crippen LogP contribution < -0.4 is 20.7 Å². The van der Waals surface area contributed by atoms with E-state index in [1.165, 1.54) is 31.2 Å². The summed E-state index contributed by atoms with van der Waals surface area (Å²) in [5.74, 6) is -0.541. The van der Waals surface area contributed by atoms with Gasteiger partial charge in [0.1, 0.15) is 5.75 Å². The molecule has 3 aromatic carbocycles. The van der Waals surface area contributed by atoms with Gasteiger partial charge in [-0.3, -0.25) is 14.4 Å². The van der Waals surface area contributed by atoms with Gasteiger partial charge in [-0.1, -0.05) is 18.2 Å². The molecule has 0 fully saturated rings. The summed E-state index contributed by atoms with van der Waals surface area (Å²) < 4.78 is 9.68. The zero-order chi connectivity index (χ0) is 25.2. The molecule has 0 aromatic heterocycles. The van der Waals surface area contributed by atoms with Gasteiger partial charge in [0.15, 0.2) is 0 Å². The molecule has 9 heteroatoms. The van der Waals surface area contributed by atoms with Crippen LogP contribution in [0.25, 0.3) is 0 Å². The smallest absolute Gasteiger partial charge is 0.434 e. The molecule has 0 saturated carbocycles. The fourth-order valence-corrected chi connectivity index (χ4v) is 3.05. The van der Waals surface area contributed by atoms with E-state index in [1.807, 2.05) is 0 Å². The van der Waals surface area contributed by atoms with Crippen LogP contribution in [-0.4, -0.2) is 30.5 Å². The number of carbonyl (C=O) groups excluding carboxylic acids is 4. The van der Waals surface area contributed by atoms with Crippen LogP contribution in [0.15, 0.2) is 72.8 Å². The predicted molar refractivity (Wildman–Crippen MR) is 130 cm³/mol. The molecule has 0 aliphatic heterocycles. The summed E-state index contributed by atoms with van der Waals surface area (Å²) in [7, 11) is 0. The van der Waals surface area contributed by atoms with E-state index in [0.29, 0.717) is 29.0 Å². The second-order valence-corrected chi connectivity index (χ2v) is 7.41. The molecule has 0 spiro atoms. The topological polar surface area (TPSA) is 123 Å². The highest BCUT2D eigenvalue weighted by Gasteiger charge is 2.10. The van der Waals surface area contributed by atoms with Crippen molar-refractivity contribution in [2.75, 3.05) is 17.2 Å². The molecule has 3 N–H and O–H groups in total. The molecule has 3 rings (SSSR count). The highest BCUT2D eigenvalue weighted by molar-refractivity contribution is 6.04. The molecule has 9 nitrogen and oxygen atoms in total. The van der Waals surface area contributed by atoms with Crippen molar-refractivity contribution < 1.29 is 28.7 Å². The van der Waals surface area contributed by atoms with Gasteiger partial charge in [0.25, 0.3) is 11.8 Å². The van der Waals surface area contributed by atoms with Crippen LogP contribution >= 0.6 is 0 Å². The lowest BCUT2D eigenvalue weighted by atomic mass is 10.1. The average molecular weight is 476 g/mol. The van der Waals surface area contributed by atoms with Crippen molar-refractivity contribution in [3.05, 3.63) is 89.5 Å². The van der Waals surface area contributed by atoms with Gasteiger partial charge in [0.2, 0.25) is 5.91 Å². The summed E-state index contributed by atoms with van der Waals surface area (Å²) >= 11 is 0. The fraction of sp³-hybridized carbons (Fsp3) is 0.154. The summed E-state index contributed by atoms with van der Waals surface area (Å²) in [5.41, 5.74) is 2.79. The first kappa shape index (κ1) is 25.0. The lowest BCUT2D eigenvalue weighted by Gasteiger charge is -2.09. The third kappa shape index (κ3) is 7.71. The molecule has 0 atom stereocenters. The Hall–Kier alpha value is -4.66. The van der Waals surface area contributed by atoms with Crippen molar-refractivity contribution in [2.24, 2.45) is 0 Å². The number of amides is 3. The van der Waals surface area contributed by atoms with E-state index >= 15 is 0 Å². The van der Waals surface area contributed by atoms with Gasteiger partial charge in [0, 0.05) is 36.0 Å². The van der Waals surface area contributed by atoms with Gasteiger partial charge in [-0.15, -0.1) is 0 Å². The van der Waals surface area contributed by atoms with Crippen LogP contribution in [0.1, 0.15) is 40.1 Å². The molecular weight excluding hydrogens is 450 g/mol. The maximum Gasteiger partial charge on any atom is 0.513 e. The first-order chi connectivity index (χ1) is 16.8. The molecule has 3 amide bonds. The monoisotopic (exact) mass is 475 g/mol. The number of rotatable bonds is 8. The minimum Gasteiger partial charge on any atom is -0.434 e. The average Bonchev–Trinajstić information content (AvgIpc) is 2.83. The summed E-state index contributed by atoms with van der Waals surface area (Å²) in [5, 5.41) is 8.25. The second kappa shape index (κ2) is 12.0. The Balaban J connectivity index is 1.51. The first-order valence-electron chi connectivity index (χ1n) is 10.8. The zero-order valence-corrected chi connectivity index (χ0v) is 19.3. The Bertz CT molecular complexity index is 1210. The largest absolute Gasteiger partial charge is 0.513 e. The summed E-state index contributed by atoms with van der Waals surface area (Å²) in [6, 6.07) is 19.8. The molecular formula is C26H25N3O6. The molecule has 0 bridgehead atoms. The van der Waals surface area contributed by atoms with Crippen LogP contribution in [-0.2, 0) is 16.1 Å². The van der Waals surface area contributed by atoms with E-state index < -0.39 is 6.16 Å². The van der Waals surface area contributed by atoms with Crippen molar-refractivity contribution in [3.63, 3.8) is 0 Å². The molecule has 0 unspecified atom stereocenters. The predicted octanol–water partition coefficient (Wildman–Crippen LogP) is 4.36. The van der Waals surface area contributed by atoms with Crippen molar-refractivity contribution in [3.8, 4) is 5.75 Å². The molecule has 0 saturated heterocycles. The Kier molecular flexibility index (Phi) is 8.55. The standard InChI is InChI=1S/C26H25N3O6/c1-3-34-26(33)35-23-13-9-19(10-14-23)25(32)29-21-11-7-18(8-12-21)16-27-24(31)20-5-4-6-22(15-20)28-17(2)30/h4-15H,3,16H2,1-2H3,(H,27,31)(H,28,30)(H,29,32). The van der Waals surface area contributed by atoms with Crippen LogP contribution in [0.5, 0.6) is 5.75 Å². The Morgan fingerprint density at radius 2 is 1.49 bits per heavy atom. The lowest BCUT2D eigenvalue weighted by Crippen LogP contribution is -2.23. The Morgan fingerprint density at radius 1 is 0.771 bits per heavy atom. The summed E-state index contributed by atoms with van der Waals surface area (Å²) in [6.07, 6.45) is -0.806. The summed E-state index contributed by atoms with van der Waals surface area (Å²) in [4.78, 5) is 47.4. The van der Waals surface area contributed by atoms with Gasteiger partial charge < -0.3 is 25.4 Å². The molecule has 3 aromatic rings. The normalized spacial score (nSPS) is 10.1. The van der Waals surface area contributed by atoms with E-state index in [4.69, 9.17) is 9.47 Å². The van der Waals surface area contributed by atoms with Gasteiger partial charge in [-0.2, -0.15) is 0 Å². The quantitative estimate of drug-likeness (QED) is 0.329. The van der Waals surface area contributed by atoms with Crippen molar-refractivity contribution >= 4 is 35.3 Å². The van der Waals surface area contributed by atoms with Crippen LogP contribution in [0.2, 0.25) is 0 Å². The third-order valence-electron chi connectivity index (χ3n) is 4.69. The van der Waals surface area contributed by atoms with Crippen LogP contribution in [0, 0.1) is 0 Å². The number of ether oxygens (including phenoxy) is 2. The van der Waals surface area contributed by atoms with Crippen LogP contribution in [0.3, 0.4) is 0 Å². The van der Waals surface area contributed by atoms with Crippen LogP contribution in [0.4, 0.5) is 16.2 Å². The number of benzene rings is 3. The number of nitrogens with one attached hydrogen (secondary N) is 3. The van der Waals surface area contributed by atoms with Crippen molar-refractivity contribution in [2.45, 2.75) is 20.4 Å². The second-order valence-electron chi connectivity index (χ2n) is 7.41. The summed E-state index contributed by atoms with van der Waals surface area (Å²) in [6.45, 7) is 3.57. The fourth-order valence-electron chi connectivity index (χ4n) is 3.05. The van der Waals surface area contributed by atoms with Crippen molar-refractivity contribution in [1.29, 1.82) is 0 Å². The van der Waals surface area contributed by atoms with E-state index in [1.54, 1.807) is 55.5 Å². The third-order valence-corrected chi connectivity index (χ3v) is 4.69. The zero-order valence-electron chi connectivity index (χ0n) is 19.3. The van der Waals surface area contributed by atoms with Gasteiger partial charge in [0.05, 0.1) is 6.61 Å². The first-order valence-corrected chi connectivity index (χ1v) is 10.8. The SMILES string of the molecule is CCOC(=O)Oc1ccc(C(=O)Nc2ccc(CNC(=O)c3cccc(NC(C)=O)c3)cc2)cc1.